The van der Waals surface area contributed by atoms with E-state index in [0.29, 0.717) is 42.7 Å². The summed E-state index contributed by atoms with van der Waals surface area (Å²) in [7, 11) is 1.36. The highest BCUT2D eigenvalue weighted by atomic mass is 16.5. The lowest BCUT2D eigenvalue weighted by Crippen LogP contribution is -2.10. The topological polar surface area (TPSA) is 109 Å². The molecule has 2 aromatic rings. The van der Waals surface area contributed by atoms with Crippen LogP contribution in [-0.2, 0) is 9.53 Å². The Bertz CT molecular complexity index is 861. The molecule has 3 rings (SSSR count). The average Bonchev–Trinajstić information content (AvgIpc) is 3.09. The van der Waals surface area contributed by atoms with E-state index < -0.39 is 0 Å². The average molecular weight is 351 g/mol. The lowest BCUT2D eigenvalue weighted by molar-refractivity contribution is -0.140. The van der Waals surface area contributed by atoms with Crippen LogP contribution in [0.4, 0.5) is 11.6 Å². The lowest BCUT2D eigenvalue weighted by atomic mass is 10.2. The van der Waals surface area contributed by atoms with Crippen molar-refractivity contribution in [1.29, 1.82) is 5.26 Å². The maximum Gasteiger partial charge on any atom is 0.305 e. The maximum absolute atomic E-state index is 11.1. The van der Waals surface area contributed by atoms with Gasteiger partial charge in [0.25, 0.3) is 0 Å². The molecule has 0 atom stereocenters. The Kier molecular flexibility index (Phi) is 5.29. The summed E-state index contributed by atoms with van der Waals surface area (Å²) in [6.45, 7) is 0.511. The van der Waals surface area contributed by atoms with Gasteiger partial charge in [-0.1, -0.05) is 12.1 Å². The van der Waals surface area contributed by atoms with E-state index in [-0.39, 0.29) is 11.5 Å². The quantitative estimate of drug-likeness (QED) is 0.464. The molecule has 26 heavy (non-hydrogen) atoms. The highest BCUT2D eigenvalue weighted by Crippen LogP contribution is 2.35. The minimum Gasteiger partial charge on any atom is -0.469 e. The van der Waals surface area contributed by atoms with Gasteiger partial charge in [-0.3, -0.25) is 4.79 Å². The van der Waals surface area contributed by atoms with Crippen molar-refractivity contribution in [3.63, 3.8) is 0 Å². The molecule has 0 spiro atoms. The van der Waals surface area contributed by atoms with Gasteiger partial charge in [0.05, 0.1) is 18.5 Å². The van der Waals surface area contributed by atoms with Crippen LogP contribution in [0.3, 0.4) is 0 Å². The standard InChI is InChI=1S/C18H17N5O3/c1-25-16(24)7-4-9-20-18-21-10-8-13(23-18)12(11-19)17-22-14-5-2-3-6-15(14)26-17/h2-3,5-6,8,10,22H,4,7,9H2,1H3,(H,20,21,23)/b17-12-. The van der Waals surface area contributed by atoms with Gasteiger partial charge in [-0.25, -0.2) is 9.97 Å². The number of allylic oxidation sites excluding steroid dienone is 1. The number of hydrogen-bond donors (Lipinski definition) is 2. The summed E-state index contributed by atoms with van der Waals surface area (Å²) >= 11 is 0. The first kappa shape index (κ1) is 17.2. The highest BCUT2D eigenvalue weighted by Gasteiger charge is 2.21. The smallest absolute Gasteiger partial charge is 0.305 e. The molecule has 0 bridgehead atoms. The predicted octanol–water partition coefficient (Wildman–Crippen LogP) is 2.54. The second-order valence-electron chi connectivity index (χ2n) is 5.41. The van der Waals surface area contributed by atoms with Gasteiger partial charge in [0, 0.05) is 19.2 Å². The highest BCUT2D eigenvalue weighted by molar-refractivity contribution is 5.81. The number of hydrogen-bond acceptors (Lipinski definition) is 8. The van der Waals surface area contributed by atoms with E-state index in [1.807, 2.05) is 24.3 Å². The molecule has 0 fully saturated rings. The van der Waals surface area contributed by atoms with Gasteiger partial charge in [-0.15, -0.1) is 0 Å². The molecular formula is C18H17N5O3. The van der Waals surface area contributed by atoms with E-state index in [1.54, 1.807) is 12.3 Å². The second kappa shape index (κ2) is 7.98. The van der Waals surface area contributed by atoms with Crippen molar-refractivity contribution >= 4 is 23.2 Å². The van der Waals surface area contributed by atoms with E-state index in [2.05, 4.69) is 31.4 Å². The fourth-order valence-corrected chi connectivity index (χ4v) is 2.37. The SMILES string of the molecule is COC(=O)CCCNc1nccc(/C(C#N)=C2/Nc3ccccc3O2)n1. The Hall–Kier alpha value is -3.60. The first-order valence-corrected chi connectivity index (χ1v) is 8.03. The van der Waals surface area contributed by atoms with E-state index in [4.69, 9.17) is 4.74 Å². The van der Waals surface area contributed by atoms with E-state index in [9.17, 15) is 10.1 Å². The molecule has 0 amide bonds. The van der Waals surface area contributed by atoms with Crippen LogP contribution in [-0.4, -0.2) is 29.6 Å². The number of fused-ring (bicyclic) bond motifs is 1. The third kappa shape index (κ3) is 3.89. The van der Waals surface area contributed by atoms with E-state index in [0.717, 1.165) is 5.69 Å². The van der Waals surface area contributed by atoms with Gasteiger partial charge in [0.15, 0.2) is 5.75 Å². The fourth-order valence-electron chi connectivity index (χ4n) is 2.37. The number of rotatable bonds is 6. The van der Waals surface area contributed by atoms with Crippen LogP contribution in [0.1, 0.15) is 18.5 Å². The Morgan fingerprint density at radius 3 is 3.00 bits per heavy atom. The molecule has 8 nitrogen and oxygen atoms in total. The molecular weight excluding hydrogens is 334 g/mol. The molecule has 0 saturated carbocycles. The summed E-state index contributed by atoms with van der Waals surface area (Å²) in [5, 5.41) is 15.7. The molecule has 0 saturated heterocycles. The normalized spacial score (nSPS) is 13.7. The zero-order valence-electron chi connectivity index (χ0n) is 14.2. The van der Waals surface area contributed by atoms with Crippen LogP contribution in [0, 0.1) is 11.3 Å². The van der Waals surface area contributed by atoms with Crippen molar-refractivity contribution in [3.8, 4) is 11.8 Å². The van der Waals surface area contributed by atoms with Crippen LogP contribution in [0.5, 0.6) is 5.75 Å². The molecule has 1 aliphatic rings. The number of carbonyl (C=O) groups excluding carboxylic acids is 1. The Morgan fingerprint density at radius 1 is 1.38 bits per heavy atom. The zero-order valence-corrected chi connectivity index (χ0v) is 14.2. The summed E-state index contributed by atoms with van der Waals surface area (Å²) < 4.78 is 10.3. The largest absolute Gasteiger partial charge is 0.469 e. The van der Waals surface area contributed by atoms with Crippen LogP contribution < -0.4 is 15.4 Å². The van der Waals surface area contributed by atoms with Crippen LogP contribution in [0.25, 0.3) is 5.57 Å². The third-order valence-electron chi connectivity index (χ3n) is 3.67. The van der Waals surface area contributed by atoms with E-state index in [1.165, 1.54) is 7.11 Å². The second-order valence-corrected chi connectivity index (χ2v) is 5.41. The molecule has 0 aliphatic carbocycles. The zero-order chi connectivity index (χ0) is 18.4. The summed E-state index contributed by atoms with van der Waals surface area (Å²) in [5.41, 5.74) is 1.51. The van der Waals surface area contributed by atoms with Gasteiger partial charge in [0.1, 0.15) is 11.6 Å². The van der Waals surface area contributed by atoms with Crippen molar-refractivity contribution < 1.29 is 14.3 Å². The molecule has 1 aliphatic heterocycles. The van der Waals surface area contributed by atoms with Gasteiger partial charge < -0.3 is 20.1 Å². The molecule has 2 heterocycles. The van der Waals surface area contributed by atoms with Gasteiger partial charge in [0.2, 0.25) is 11.8 Å². The molecule has 1 aromatic carbocycles. The number of para-hydroxylation sites is 2. The van der Waals surface area contributed by atoms with Gasteiger partial charge >= 0.3 is 5.97 Å². The van der Waals surface area contributed by atoms with Gasteiger partial charge in [-0.2, -0.15) is 5.26 Å². The van der Waals surface area contributed by atoms with Crippen LogP contribution in [0.15, 0.2) is 42.4 Å². The van der Waals surface area contributed by atoms with Crippen molar-refractivity contribution in [2.75, 3.05) is 24.3 Å². The Balaban J connectivity index is 1.72. The lowest BCUT2D eigenvalue weighted by Gasteiger charge is -2.07. The summed E-state index contributed by atoms with van der Waals surface area (Å²) in [4.78, 5) is 19.6. The number of aromatic nitrogens is 2. The summed E-state index contributed by atoms with van der Waals surface area (Å²) in [6.07, 6.45) is 2.46. The molecule has 2 N–H and O–H groups in total. The van der Waals surface area contributed by atoms with Crippen LogP contribution >= 0.6 is 0 Å². The summed E-state index contributed by atoms with van der Waals surface area (Å²) in [5.74, 6) is 1.10. The minimum absolute atomic E-state index is 0.262. The Morgan fingerprint density at radius 2 is 2.23 bits per heavy atom. The van der Waals surface area contributed by atoms with E-state index >= 15 is 0 Å². The number of esters is 1. The number of nitrogens with zero attached hydrogens (tertiary/aromatic N) is 3. The maximum atomic E-state index is 11.1. The number of carbonyl (C=O) groups is 1. The monoisotopic (exact) mass is 351 g/mol. The van der Waals surface area contributed by atoms with Crippen molar-refractivity contribution in [2.24, 2.45) is 0 Å². The van der Waals surface area contributed by atoms with Gasteiger partial charge in [-0.05, 0) is 24.6 Å². The Labute approximate surface area is 150 Å². The molecule has 132 valence electrons. The number of nitrogens with one attached hydrogen (secondary N) is 2. The number of benzene rings is 1. The van der Waals surface area contributed by atoms with Crippen molar-refractivity contribution in [3.05, 3.63) is 48.1 Å². The summed E-state index contributed by atoms with van der Waals surface area (Å²) in [6, 6.07) is 11.2. The van der Waals surface area contributed by atoms with Crippen molar-refractivity contribution in [1.82, 2.24) is 9.97 Å². The molecule has 0 unspecified atom stereocenters. The third-order valence-corrected chi connectivity index (χ3v) is 3.67. The number of anilines is 2. The fraction of sp³-hybridized carbons (Fsp3) is 0.222. The van der Waals surface area contributed by atoms with Crippen LogP contribution in [0.2, 0.25) is 0 Å². The van der Waals surface area contributed by atoms with Crippen molar-refractivity contribution in [2.45, 2.75) is 12.8 Å². The number of ether oxygens (including phenoxy) is 2. The first-order valence-electron chi connectivity index (χ1n) is 8.03. The number of nitriles is 1. The molecule has 1 aromatic heterocycles. The minimum atomic E-state index is -0.262. The molecule has 8 heteroatoms. The predicted molar refractivity (Wildman–Crippen MR) is 95.0 cm³/mol. The number of methoxy groups -OCH3 is 1. The first-order chi connectivity index (χ1) is 12.7. The molecule has 0 radical (unpaired) electrons.